The van der Waals surface area contributed by atoms with Crippen LogP contribution in [0.5, 0.6) is 5.75 Å². The minimum Gasteiger partial charge on any atom is -0.423 e. The fourth-order valence-corrected chi connectivity index (χ4v) is 2.86. The van der Waals surface area contributed by atoms with Crippen LogP contribution >= 0.6 is 0 Å². The predicted molar refractivity (Wildman–Crippen MR) is 94.4 cm³/mol. The SMILES string of the molecule is Cc1cc(Cc2ccncc2)cc(C)c1C(=O)Oc1ccccc1. The molecule has 3 heteroatoms. The van der Waals surface area contributed by atoms with Gasteiger partial charge in [-0.15, -0.1) is 0 Å². The van der Waals surface area contributed by atoms with E-state index in [0.717, 1.165) is 17.5 Å². The third kappa shape index (κ3) is 3.69. The first kappa shape index (κ1) is 15.9. The number of benzene rings is 2. The number of esters is 1. The molecule has 1 heterocycles. The molecule has 1 aromatic heterocycles. The molecule has 0 aliphatic rings. The lowest BCUT2D eigenvalue weighted by Gasteiger charge is -2.12. The molecule has 0 saturated carbocycles. The van der Waals surface area contributed by atoms with Gasteiger partial charge in [0.05, 0.1) is 5.56 Å². The van der Waals surface area contributed by atoms with Crippen molar-refractivity contribution in [1.29, 1.82) is 0 Å². The van der Waals surface area contributed by atoms with Gasteiger partial charge in [-0.2, -0.15) is 0 Å². The summed E-state index contributed by atoms with van der Waals surface area (Å²) >= 11 is 0. The molecule has 0 N–H and O–H groups in total. The number of aryl methyl sites for hydroxylation is 2. The van der Waals surface area contributed by atoms with Crippen LogP contribution in [0.15, 0.2) is 67.0 Å². The highest BCUT2D eigenvalue weighted by molar-refractivity contribution is 5.94. The fourth-order valence-electron chi connectivity index (χ4n) is 2.86. The minimum absolute atomic E-state index is 0.313. The molecule has 0 atom stereocenters. The Labute approximate surface area is 142 Å². The molecule has 0 aliphatic carbocycles. The Morgan fingerprint density at radius 1 is 0.917 bits per heavy atom. The molecule has 0 amide bonds. The van der Waals surface area contributed by atoms with E-state index >= 15 is 0 Å². The first-order valence-electron chi connectivity index (χ1n) is 7.90. The maximum absolute atomic E-state index is 12.5. The van der Waals surface area contributed by atoms with E-state index in [0.29, 0.717) is 11.3 Å². The fraction of sp³-hybridized carbons (Fsp3) is 0.143. The number of nitrogens with zero attached hydrogens (tertiary/aromatic N) is 1. The topological polar surface area (TPSA) is 39.2 Å². The summed E-state index contributed by atoms with van der Waals surface area (Å²) in [5.74, 6) is 0.244. The van der Waals surface area contributed by atoms with Gasteiger partial charge in [0.1, 0.15) is 5.75 Å². The van der Waals surface area contributed by atoms with Crippen molar-refractivity contribution in [1.82, 2.24) is 4.98 Å². The van der Waals surface area contributed by atoms with Crippen LogP contribution in [0.1, 0.15) is 32.6 Å². The van der Waals surface area contributed by atoms with Crippen molar-refractivity contribution in [2.45, 2.75) is 20.3 Å². The number of carbonyl (C=O) groups is 1. The van der Waals surface area contributed by atoms with Gasteiger partial charge in [-0.05, 0) is 66.8 Å². The van der Waals surface area contributed by atoms with Gasteiger partial charge >= 0.3 is 5.97 Å². The zero-order valence-corrected chi connectivity index (χ0v) is 13.8. The van der Waals surface area contributed by atoms with Crippen molar-refractivity contribution in [3.05, 3.63) is 94.8 Å². The van der Waals surface area contributed by atoms with E-state index in [4.69, 9.17) is 4.74 Å². The number of hydrogen-bond acceptors (Lipinski definition) is 3. The Balaban J connectivity index is 1.83. The number of pyridine rings is 1. The van der Waals surface area contributed by atoms with Crippen molar-refractivity contribution >= 4 is 5.97 Å². The number of aromatic nitrogens is 1. The lowest BCUT2D eigenvalue weighted by molar-refractivity contribution is 0.0733. The highest BCUT2D eigenvalue weighted by Gasteiger charge is 2.16. The summed E-state index contributed by atoms with van der Waals surface area (Å²) in [6.45, 7) is 3.90. The van der Waals surface area contributed by atoms with E-state index in [1.54, 1.807) is 24.5 Å². The maximum Gasteiger partial charge on any atom is 0.344 e. The molecule has 3 rings (SSSR count). The van der Waals surface area contributed by atoms with E-state index in [9.17, 15) is 4.79 Å². The second kappa shape index (κ2) is 7.09. The molecule has 0 radical (unpaired) electrons. The lowest BCUT2D eigenvalue weighted by Crippen LogP contribution is -2.12. The van der Waals surface area contributed by atoms with E-state index in [-0.39, 0.29) is 5.97 Å². The van der Waals surface area contributed by atoms with Crippen LogP contribution in [0, 0.1) is 13.8 Å². The summed E-state index contributed by atoms with van der Waals surface area (Å²) in [4.78, 5) is 16.5. The first-order chi connectivity index (χ1) is 11.6. The zero-order valence-electron chi connectivity index (χ0n) is 13.8. The summed E-state index contributed by atoms with van der Waals surface area (Å²) in [5, 5.41) is 0. The molecule has 2 aromatic carbocycles. The molecular weight excluding hydrogens is 298 g/mol. The van der Waals surface area contributed by atoms with Crippen LogP contribution < -0.4 is 4.74 Å². The molecule has 24 heavy (non-hydrogen) atoms. The average Bonchev–Trinajstić information content (AvgIpc) is 2.56. The molecular formula is C21H19NO2. The van der Waals surface area contributed by atoms with E-state index in [1.807, 2.05) is 44.2 Å². The summed E-state index contributed by atoms with van der Waals surface area (Å²) in [6, 6.07) is 17.2. The van der Waals surface area contributed by atoms with Gasteiger partial charge in [-0.25, -0.2) is 4.79 Å². The standard InChI is InChI=1S/C21H19NO2/c1-15-12-18(14-17-8-10-22-11-9-17)13-16(2)20(15)21(23)24-19-6-4-3-5-7-19/h3-13H,14H2,1-2H3. The van der Waals surface area contributed by atoms with Gasteiger partial charge < -0.3 is 4.74 Å². The summed E-state index contributed by atoms with van der Waals surface area (Å²) < 4.78 is 5.47. The normalized spacial score (nSPS) is 10.4. The quantitative estimate of drug-likeness (QED) is 0.525. The first-order valence-corrected chi connectivity index (χ1v) is 7.90. The number of para-hydroxylation sites is 1. The molecule has 3 aromatic rings. The monoisotopic (exact) mass is 317 g/mol. The summed E-state index contributed by atoms with van der Waals surface area (Å²) in [6.07, 6.45) is 4.40. The molecule has 0 unspecified atom stereocenters. The van der Waals surface area contributed by atoms with Gasteiger partial charge in [0.2, 0.25) is 0 Å². The van der Waals surface area contributed by atoms with Gasteiger partial charge in [-0.3, -0.25) is 4.98 Å². The van der Waals surface area contributed by atoms with Crippen molar-refractivity contribution in [2.24, 2.45) is 0 Å². The molecule has 0 aliphatic heterocycles. The Hall–Kier alpha value is -2.94. The number of rotatable bonds is 4. The molecule has 0 fully saturated rings. The smallest absolute Gasteiger partial charge is 0.344 e. The third-order valence-electron chi connectivity index (χ3n) is 3.91. The highest BCUT2D eigenvalue weighted by Crippen LogP contribution is 2.21. The van der Waals surface area contributed by atoms with Crippen molar-refractivity contribution in [3.8, 4) is 5.75 Å². The molecule has 0 bridgehead atoms. The van der Waals surface area contributed by atoms with Gasteiger partial charge in [0.15, 0.2) is 0 Å². The zero-order chi connectivity index (χ0) is 16.9. The minimum atomic E-state index is -0.313. The molecule has 0 saturated heterocycles. The maximum atomic E-state index is 12.5. The van der Waals surface area contributed by atoms with Gasteiger partial charge in [0.25, 0.3) is 0 Å². The third-order valence-corrected chi connectivity index (χ3v) is 3.91. The Morgan fingerprint density at radius 2 is 1.54 bits per heavy atom. The van der Waals surface area contributed by atoms with Crippen LogP contribution in [0.2, 0.25) is 0 Å². The van der Waals surface area contributed by atoms with Crippen molar-refractivity contribution in [2.75, 3.05) is 0 Å². The van der Waals surface area contributed by atoms with Crippen molar-refractivity contribution in [3.63, 3.8) is 0 Å². The van der Waals surface area contributed by atoms with Crippen LogP contribution in [-0.2, 0) is 6.42 Å². The second-order valence-corrected chi connectivity index (χ2v) is 5.84. The number of ether oxygens (including phenoxy) is 1. The van der Waals surface area contributed by atoms with Crippen LogP contribution in [0.25, 0.3) is 0 Å². The average molecular weight is 317 g/mol. The van der Waals surface area contributed by atoms with Gasteiger partial charge in [-0.1, -0.05) is 30.3 Å². The molecule has 0 spiro atoms. The van der Waals surface area contributed by atoms with Gasteiger partial charge in [0, 0.05) is 12.4 Å². The Morgan fingerprint density at radius 3 is 2.17 bits per heavy atom. The Bertz CT molecular complexity index is 819. The number of carbonyl (C=O) groups excluding carboxylic acids is 1. The largest absolute Gasteiger partial charge is 0.423 e. The predicted octanol–water partition coefficient (Wildman–Crippen LogP) is 4.51. The highest BCUT2D eigenvalue weighted by atomic mass is 16.5. The van der Waals surface area contributed by atoms with Crippen LogP contribution in [-0.4, -0.2) is 11.0 Å². The lowest BCUT2D eigenvalue weighted by atomic mass is 9.96. The molecule has 120 valence electrons. The summed E-state index contributed by atoms with van der Waals surface area (Å²) in [7, 11) is 0. The Kier molecular flexibility index (Phi) is 4.71. The number of hydrogen-bond donors (Lipinski definition) is 0. The second-order valence-electron chi connectivity index (χ2n) is 5.84. The van der Waals surface area contributed by atoms with Crippen LogP contribution in [0.4, 0.5) is 0 Å². The molecule has 3 nitrogen and oxygen atoms in total. The van der Waals surface area contributed by atoms with E-state index in [1.165, 1.54) is 11.1 Å². The van der Waals surface area contributed by atoms with E-state index in [2.05, 4.69) is 17.1 Å². The van der Waals surface area contributed by atoms with Crippen LogP contribution in [0.3, 0.4) is 0 Å². The summed E-state index contributed by atoms with van der Waals surface area (Å²) in [5.41, 5.74) is 4.87. The van der Waals surface area contributed by atoms with Crippen molar-refractivity contribution < 1.29 is 9.53 Å². The van der Waals surface area contributed by atoms with E-state index < -0.39 is 0 Å².